The first-order chi connectivity index (χ1) is 23.3. The van der Waals surface area contributed by atoms with Crippen molar-refractivity contribution in [3.63, 3.8) is 0 Å². The van der Waals surface area contributed by atoms with Crippen LogP contribution in [-0.4, -0.2) is 53.4 Å². The number of fused-ring (bicyclic) bond motifs is 1. The normalized spacial score (nSPS) is 16.8. The number of aliphatic hydroxyl groups excluding tert-OH is 1. The molecule has 6 rings (SSSR count). The number of thioether (sulfide) groups is 1. The number of Topliss-reactive ketones (excluding diaryl/α,β-unsaturated/α-hetero) is 1. The quantitative estimate of drug-likeness (QED) is 0.0383. The number of nitrogens with zero attached hydrogens (tertiary/aromatic N) is 3. The lowest BCUT2D eigenvalue weighted by Gasteiger charge is -2.24. The van der Waals surface area contributed by atoms with E-state index in [1.165, 1.54) is 16.7 Å². The number of rotatable bonds is 12. The van der Waals surface area contributed by atoms with Gasteiger partial charge in [0.1, 0.15) is 19.0 Å². The lowest BCUT2D eigenvalue weighted by Crippen LogP contribution is -2.29. The van der Waals surface area contributed by atoms with Gasteiger partial charge in [-0.05, 0) is 66.9 Å². The number of amides is 1. The summed E-state index contributed by atoms with van der Waals surface area (Å²) in [5.74, 6) is 0.324. The number of anilines is 1. The lowest BCUT2D eigenvalue weighted by atomic mass is 9.95. The Morgan fingerprint density at radius 1 is 1.00 bits per heavy atom. The fourth-order valence-electron chi connectivity index (χ4n) is 5.24. The van der Waals surface area contributed by atoms with Crippen LogP contribution in [0.2, 0.25) is 10.0 Å². The van der Waals surface area contributed by atoms with Crippen molar-refractivity contribution in [2.45, 2.75) is 42.8 Å². The van der Waals surface area contributed by atoms with E-state index in [2.05, 4.69) is 17.1 Å². The van der Waals surface area contributed by atoms with Crippen molar-refractivity contribution in [2.24, 2.45) is 0 Å². The molecule has 48 heavy (non-hydrogen) atoms. The second-order valence-corrected chi connectivity index (χ2v) is 13.8. The maximum absolute atomic E-state index is 13.8. The van der Waals surface area contributed by atoms with Gasteiger partial charge < -0.3 is 24.1 Å². The molecule has 1 amide bonds. The van der Waals surface area contributed by atoms with Crippen molar-refractivity contribution in [1.82, 2.24) is 10.2 Å². The number of unbranched alkanes of at least 4 members (excludes halogenated alkanes) is 1. The van der Waals surface area contributed by atoms with E-state index in [1.54, 1.807) is 48.5 Å². The summed E-state index contributed by atoms with van der Waals surface area (Å²) in [5.41, 5.74) is 1.54. The molecular weight excluding hydrogens is 697 g/mol. The van der Waals surface area contributed by atoms with Crippen molar-refractivity contribution < 1.29 is 33.6 Å². The van der Waals surface area contributed by atoms with E-state index in [1.807, 2.05) is 13.0 Å². The van der Waals surface area contributed by atoms with Crippen molar-refractivity contribution in [2.75, 3.05) is 31.3 Å². The highest BCUT2D eigenvalue weighted by molar-refractivity contribution is 8.00. The highest BCUT2D eigenvalue weighted by Gasteiger charge is 2.48. The number of hydrogen-bond acceptors (Lipinski definition) is 11. The third-order valence-corrected chi connectivity index (χ3v) is 10.3. The predicted molar refractivity (Wildman–Crippen MR) is 186 cm³/mol. The van der Waals surface area contributed by atoms with Gasteiger partial charge in [0, 0.05) is 21.4 Å². The summed E-state index contributed by atoms with van der Waals surface area (Å²) in [7, 11) is 0. The van der Waals surface area contributed by atoms with Crippen molar-refractivity contribution >= 4 is 68.9 Å². The van der Waals surface area contributed by atoms with Gasteiger partial charge in [-0.1, -0.05) is 71.8 Å². The molecule has 1 atom stereocenters. The van der Waals surface area contributed by atoms with E-state index in [0.717, 1.165) is 29.7 Å². The molecule has 1 saturated heterocycles. The first kappa shape index (κ1) is 33.9. The maximum Gasteiger partial charge on any atom is 0.301 e. The zero-order chi connectivity index (χ0) is 33.8. The summed E-state index contributed by atoms with van der Waals surface area (Å²) < 4.78 is 23.8. The monoisotopic (exact) mass is 727 g/mol. The van der Waals surface area contributed by atoms with Gasteiger partial charge in [-0.3, -0.25) is 14.5 Å². The predicted octanol–water partition coefficient (Wildman–Crippen LogP) is 8.11. The standard InChI is InChI=1S/C34H31Cl2N3O7S2/c1-3-5-12-44-24-10-7-19(15-26(24)43-4-2)29-28(30(40)20-8-11-25-27(16-20)46-14-13-45-25)31(41)32(42)39(29)33-37-38-34(48-33)47-18-21-6-9-22(35)17-23(21)36/h6-11,15-17,29,40H,3-5,12-14,18H2,1-2H3/b30-28+. The van der Waals surface area contributed by atoms with Crippen LogP contribution in [0.5, 0.6) is 23.0 Å². The van der Waals surface area contributed by atoms with E-state index >= 15 is 0 Å². The van der Waals surface area contributed by atoms with Crippen LogP contribution >= 0.6 is 46.3 Å². The summed E-state index contributed by atoms with van der Waals surface area (Å²) in [6, 6.07) is 14.3. The number of halogens is 2. The zero-order valence-corrected chi connectivity index (χ0v) is 29.2. The Labute approximate surface area is 295 Å². The molecule has 0 saturated carbocycles. The van der Waals surface area contributed by atoms with Crippen LogP contribution < -0.4 is 23.8 Å². The number of aromatic nitrogens is 2. The van der Waals surface area contributed by atoms with Crippen LogP contribution in [0.3, 0.4) is 0 Å². The molecule has 3 aromatic carbocycles. The zero-order valence-electron chi connectivity index (χ0n) is 26.0. The average molecular weight is 729 g/mol. The third-order valence-electron chi connectivity index (χ3n) is 7.57. The SMILES string of the molecule is CCCCOc1ccc(C2/C(=C(\O)c3ccc4c(c3)OCCO4)C(=O)C(=O)N2c2nnc(SCc3ccc(Cl)cc3Cl)s2)cc1OCC. The number of benzene rings is 3. The molecule has 2 aliphatic rings. The molecule has 0 radical (unpaired) electrons. The van der Waals surface area contributed by atoms with Gasteiger partial charge in [-0.2, -0.15) is 0 Å². The average Bonchev–Trinajstić information content (AvgIpc) is 3.66. The van der Waals surface area contributed by atoms with Crippen LogP contribution in [0.4, 0.5) is 5.13 Å². The Balaban J connectivity index is 1.41. The van der Waals surface area contributed by atoms with Gasteiger partial charge in [0.05, 0.1) is 24.8 Å². The van der Waals surface area contributed by atoms with E-state index < -0.39 is 17.7 Å². The third kappa shape index (κ3) is 7.07. The Morgan fingerprint density at radius 2 is 1.81 bits per heavy atom. The largest absolute Gasteiger partial charge is 0.507 e. The van der Waals surface area contributed by atoms with E-state index in [0.29, 0.717) is 80.7 Å². The Hall–Kier alpha value is -3.97. The molecule has 14 heteroatoms. The first-order valence-electron chi connectivity index (χ1n) is 15.3. The molecular formula is C34H31Cl2N3O7S2. The second kappa shape index (κ2) is 15.1. The Kier molecular flexibility index (Phi) is 10.6. The number of ether oxygens (including phenoxy) is 4. The molecule has 2 aliphatic heterocycles. The topological polar surface area (TPSA) is 120 Å². The molecule has 0 spiro atoms. The molecule has 1 fully saturated rings. The molecule has 0 bridgehead atoms. The van der Waals surface area contributed by atoms with E-state index in [4.69, 9.17) is 42.1 Å². The minimum absolute atomic E-state index is 0.115. The maximum atomic E-state index is 13.8. The van der Waals surface area contributed by atoms with Gasteiger partial charge in [-0.15, -0.1) is 10.2 Å². The van der Waals surface area contributed by atoms with Crippen LogP contribution in [0.15, 0.2) is 64.5 Å². The molecule has 3 heterocycles. The van der Waals surface area contributed by atoms with Crippen molar-refractivity contribution in [3.05, 3.63) is 86.9 Å². The molecule has 0 aliphatic carbocycles. The minimum Gasteiger partial charge on any atom is -0.507 e. The Bertz CT molecular complexity index is 1880. The minimum atomic E-state index is -1.06. The number of hydrogen-bond donors (Lipinski definition) is 1. The van der Waals surface area contributed by atoms with Gasteiger partial charge >= 0.3 is 5.91 Å². The number of ketones is 1. The number of carbonyl (C=O) groups excluding carboxylic acids is 2. The van der Waals surface area contributed by atoms with Gasteiger partial charge in [0.2, 0.25) is 5.13 Å². The van der Waals surface area contributed by atoms with Gasteiger partial charge in [0.25, 0.3) is 5.78 Å². The fourth-order valence-corrected chi connectivity index (χ4v) is 7.66. The van der Waals surface area contributed by atoms with Crippen molar-refractivity contribution in [3.8, 4) is 23.0 Å². The van der Waals surface area contributed by atoms with Crippen molar-refractivity contribution in [1.29, 1.82) is 0 Å². The second-order valence-electron chi connectivity index (χ2n) is 10.7. The van der Waals surface area contributed by atoms with Crippen LogP contribution in [0.25, 0.3) is 5.76 Å². The number of aliphatic hydroxyl groups is 1. The molecule has 1 aromatic heterocycles. The highest BCUT2D eigenvalue weighted by Crippen LogP contribution is 2.46. The summed E-state index contributed by atoms with van der Waals surface area (Å²) >= 11 is 14.9. The summed E-state index contributed by atoms with van der Waals surface area (Å²) in [4.78, 5) is 28.9. The van der Waals surface area contributed by atoms with Gasteiger partial charge in [-0.25, -0.2) is 0 Å². The lowest BCUT2D eigenvalue weighted by molar-refractivity contribution is -0.132. The molecule has 1 unspecified atom stereocenters. The summed E-state index contributed by atoms with van der Waals surface area (Å²) in [5, 5.41) is 21.6. The smallest absolute Gasteiger partial charge is 0.301 e. The first-order valence-corrected chi connectivity index (χ1v) is 17.9. The number of carbonyl (C=O) groups is 2. The van der Waals surface area contributed by atoms with Crippen LogP contribution in [0.1, 0.15) is 49.4 Å². The highest BCUT2D eigenvalue weighted by atomic mass is 35.5. The van der Waals surface area contributed by atoms with Crippen LogP contribution in [0, 0.1) is 0 Å². The van der Waals surface area contributed by atoms with Crippen LogP contribution in [-0.2, 0) is 15.3 Å². The Morgan fingerprint density at radius 3 is 2.58 bits per heavy atom. The van der Waals surface area contributed by atoms with E-state index in [-0.39, 0.29) is 16.5 Å². The van der Waals surface area contributed by atoms with E-state index in [9.17, 15) is 14.7 Å². The molecule has 250 valence electrons. The summed E-state index contributed by atoms with van der Waals surface area (Å²) in [6.45, 7) is 5.54. The molecule has 10 nitrogen and oxygen atoms in total. The molecule has 1 N–H and O–H groups in total. The fraction of sp³-hybridized carbons (Fsp3) is 0.294. The molecule has 4 aromatic rings. The summed E-state index contributed by atoms with van der Waals surface area (Å²) in [6.07, 6.45) is 1.83. The van der Waals surface area contributed by atoms with Gasteiger partial charge in [0.15, 0.2) is 27.3 Å².